The highest BCUT2D eigenvalue weighted by molar-refractivity contribution is 5.76. The molecule has 1 rings (SSSR count). The highest BCUT2D eigenvalue weighted by atomic mass is 16.2. The zero-order valence-electron chi connectivity index (χ0n) is 11.5. The summed E-state index contributed by atoms with van der Waals surface area (Å²) < 4.78 is 0. The van der Waals surface area contributed by atoms with Crippen LogP contribution in [0.15, 0.2) is 0 Å². The van der Waals surface area contributed by atoms with Crippen molar-refractivity contribution in [2.45, 2.75) is 76.8 Å². The molecule has 1 aliphatic carbocycles. The Labute approximate surface area is 106 Å². The van der Waals surface area contributed by atoms with Crippen molar-refractivity contribution in [1.82, 2.24) is 4.90 Å². The van der Waals surface area contributed by atoms with Gasteiger partial charge in [-0.25, -0.2) is 0 Å². The van der Waals surface area contributed by atoms with Crippen molar-refractivity contribution in [3.05, 3.63) is 0 Å². The van der Waals surface area contributed by atoms with Crippen molar-refractivity contribution in [2.75, 3.05) is 7.05 Å². The maximum Gasteiger partial charge on any atom is 0.222 e. The number of carbonyl (C=O) groups excluding carboxylic acids is 1. The predicted molar refractivity (Wildman–Crippen MR) is 71.8 cm³/mol. The molecule has 0 saturated heterocycles. The number of rotatable bonds is 6. The highest BCUT2D eigenvalue weighted by Gasteiger charge is 2.27. The van der Waals surface area contributed by atoms with Crippen molar-refractivity contribution in [3.8, 4) is 0 Å². The summed E-state index contributed by atoms with van der Waals surface area (Å²) in [4.78, 5) is 13.9. The zero-order valence-corrected chi connectivity index (χ0v) is 11.5. The number of carbonyl (C=O) groups is 1. The first kappa shape index (κ1) is 14.5. The number of nitrogens with two attached hydrogens (primary N) is 1. The van der Waals surface area contributed by atoms with E-state index in [1.165, 1.54) is 32.1 Å². The minimum atomic E-state index is 0.188. The first-order chi connectivity index (χ1) is 8.16. The molecule has 100 valence electrons. The normalized spacial score (nSPS) is 24.6. The van der Waals surface area contributed by atoms with Gasteiger partial charge in [0.15, 0.2) is 0 Å². The summed E-state index contributed by atoms with van der Waals surface area (Å²) in [6.07, 6.45) is 9.93. The van der Waals surface area contributed by atoms with Crippen LogP contribution in [0.3, 0.4) is 0 Å². The quantitative estimate of drug-likeness (QED) is 0.726. The molecule has 0 heterocycles. The van der Waals surface area contributed by atoms with E-state index in [1.54, 1.807) is 0 Å². The second kappa shape index (κ2) is 7.70. The molecule has 0 spiro atoms. The molecule has 0 radical (unpaired) electrons. The smallest absolute Gasteiger partial charge is 0.222 e. The summed E-state index contributed by atoms with van der Waals surface area (Å²) in [5, 5.41) is 0. The predicted octanol–water partition coefficient (Wildman–Crippen LogP) is 2.69. The minimum absolute atomic E-state index is 0.188. The van der Waals surface area contributed by atoms with Crippen molar-refractivity contribution >= 4 is 5.91 Å². The van der Waals surface area contributed by atoms with Gasteiger partial charge in [0, 0.05) is 25.6 Å². The lowest BCUT2D eigenvalue weighted by Crippen LogP contribution is -2.50. The van der Waals surface area contributed by atoms with Gasteiger partial charge in [0.05, 0.1) is 0 Å². The topological polar surface area (TPSA) is 46.3 Å². The van der Waals surface area contributed by atoms with Gasteiger partial charge in [-0.3, -0.25) is 4.79 Å². The standard InChI is InChI=1S/C14H28N2O/c1-3-4-5-6-11-14(17)16(2)13-10-8-7-9-12(13)15/h12-13H,3-11,15H2,1-2H3. The molecule has 0 aromatic carbocycles. The van der Waals surface area contributed by atoms with Gasteiger partial charge in [-0.2, -0.15) is 0 Å². The minimum Gasteiger partial charge on any atom is -0.341 e. The van der Waals surface area contributed by atoms with Crippen LogP contribution in [0.1, 0.15) is 64.7 Å². The molecule has 0 aliphatic heterocycles. The van der Waals surface area contributed by atoms with E-state index < -0.39 is 0 Å². The number of likely N-dealkylation sites (N-methyl/N-ethyl adjacent to an activating group) is 1. The largest absolute Gasteiger partial charge is 0.341 e. The van der Waals surface area contributed by atoms with Gasteiger partial charge in [0.2, 0.25) is 5.91 Å². The molecule has 1 fully saturated rings. The van der Waals surface area contributed by atoms with Crippen LogP contribution >= 0.6 is 0 Å². The second-order valence-electron chi connectivity index (χ2n) is 5.33. The van der Waals surface area contributed by atoms with Gasteiger partial charge < -0.3 is 10.6 Å². The SMILES string of the molecule is CCCCCCC(=O)N(C)C1CCCCC1N. The first-order valence-corrected chi connectivity index (χ1v) is 7.18. The fraction of sp³-hybridized carbons (Fsp3) is 0.929. The van der Waals surface area contributed by atoms with Crippen molar-refractivity contribution in [1.29, 1.82) is 0 Å². The van der Waals surface area contributed by atoms with Gasteiger partial charge in [0.1, 0.15) is 0 Å². The van der Waals surface area contributed by atoms with Crippen molar-refractivity contribution in [2.24, 2.45) is 5.73 Å². The number of unbranched alkanes of at least 4 members (excludes halogenated alkanes) is 3. The van der Waals surface area contributed by atoms with E-state index in [4.69, 9.17) is 5.73 Å². The average Bonchev–Trinajstić information content (AvgIpc) is 2.34. The lowest BCUT2D eigenvalue weighted by molar-refractivity contribution is -0.133. The van der Waals surface area contributed by atoms with Gasteiger partial charge in [-0.05, 0) is 19.3 Å². The Balaban J connectivity index is 2.29. The maximum absolute atomic E-state index is 12.0. The summed E-state index contributed by atoms with van der Waals surface area (Å²) in [6, 6.07) is 0.468. The lowest BCUT2D eigenvalue weighted by Gasteiger charge is -2.36. The van der Waals surface area contributed by atoms with Crippen molar-refractivity contribution in [3.63, 3.8) is 0 Å². The summed E-state index contributed by atoms with van der Waals surface area (Å²) in [5.41, 5.74) is 6.10. The second-order valence-corrected chi connectivity index (χ2v) is 5.33. The molecule has 2 N–H and O–H groups in total. The Hall–Kier alpha value is -0.570. The van der Waals surface area contributed by atoms with Gasteiger partial charge in [0.25, 0.3) is 0 Å². The Bertz CT molecular complexity index is 230. The molecule has 2 atom stereocenters. The van der Waals surface area contributed by atoms with Crippen LogP contribution in [-0.4, -0.2) is 29.9 Å². The van der Waals surface area contributed by atoms with E-state index in [0.29, 0.717) is 6.42 Å². The maximum atomic E-state index is 12.0. The molecular formula is C14H28N2O. The molecule has 2 unspecified atom stereocenters. The monoisotopic (exact) mass is 240 g/mol. The van der Waals surface area contributed by atoms with E-state index in [9.17, 15) is 4.79 Å². The van der Waals surface area contributed by atoms with Crippen LogP contribution in [0.5, 0.6) is 0 Å². The van der Waals surface area contributed by atoms with E-state index in [1.807, 2.05) is 11.9 Å². The van der Waals surface area contributed by atoms with Gasteiger partial charge >= 0.3 is 0 Å². The molecule has 1 aliphatic rings. The van der Waals surface area contributed by atoms with Crippen LogP contribution in [0.4, 0.5) is 0 Å². The molecule has 0 aromatic heterocycles. The van der Waals surface area contributed by atoms with Crippen LogP contribution in [0, 0.1) is 0 Å². The number of nitrogens with zero attached hydrogens (tertiary/aromatic N) is 1. The van der Waals surface area contributed by atoms with E-state index in [2.05, 4.69) is 6.92 Å². The number of amides is 1. The molecule has 3 heteroatoms. The van der Waals surface area contributed by atoms with Crippen LogP contribution in [0.25, 0.3) is 0 Å². The van der Waals surface area contributed by atoms with E-state index >= 15 is 0 Å². The third-order valence-electron chi connectivity index (χ3n) is 3.92. The molecular weight excluding hydrogens is 212 g/mol. The lowest BCUT2D eigenvalue weighted by atomic mass is 9.90. The molecule has 0 aromatic rings. The Morgan fingerprint density at radius 2 is 1.94 bits per heavy atom. The molecule has 3 nitrogen and oxygen atoms in total. The fourth-order valence-corrected chi connectivity index (χ4v) is 2.69. The summed E-state index contributed by atoms with van der Waals surface area (Å²) in [5.74, 6) is 0.281. The number of hydrogen-bond donors (Lipinski definition) is 1. The summed E-state index contributed by atoms with van der Waals surface area (Å²) >= 11 is 0. The van der Waals surface area contributed by atoms with E-state index in [0.717, 1.165) is 19.3 Å². The van der Waals surface area contributed by atoms with Crippen LogP contribution < -0.4 is 5.73 Å². The van der Waals surface area contributed by atoms with Crippen molar-refractivity contribution < 1.29 is 4.79 Å². The molecule has 0 bridgehead atoms. The molecule has 1 amide bonds. The fourth-order valence-electron chi connectivity index (χ4n) is 2.69. The van der Waals surface area contributed by atoms with Crippen LogP contribution in [0.2, 0.25) is 0 Å². The third-order valence-corrected chi connectivity index (χ3v) is 3.92. The summed E-state index contributed by atoms with van der Waals surface area (Å²) in [7, 11) is 1.93. The third kappa shape index (κ3) is 4.66. The molecule has 1 saturated carbocycles. The van der Waals surface area contributed by atoms with E-state index in [-0.39, 0.29) is 18.0 Å². The zero-order chi connectivity index (χ0) is 12.7. The average molecular weight is 240 g/mol. The van der Waals surface area contributed by atoms with Crippen LogP contribution in [-0.2, 0) is 4.79 Å². The summed E-state index contributed by atoms with van der Waals surface area (Å²) in [6.45, 7) is 2.19. The van der Waals surface area contributed by atoms with Gasteiger partial charge in [-0.1, -0.05) is 39.0 Å². The number of hydrogen-bond acceptors (Lipinski definition) is 2. The Morgan fingerprint density at radius 1 is 1.24 bits per heavy atom. The first-order valence-electron chi connectivity index (χ1n) is 7.18. The highest BCUT2D eigenvalue weighted by Crippen LogP contribution is 2.21. The van der Waals surface area contributed by atoms with Gasteiger partial charge in [-0.15, -0.1) is 0 Å². The Morgan fingerprint density at radius 3 is 2.59 bits per heavy atom. The molecule has 17 heavy (non-hydrogen) atoms. The Kier molecular flexibility index (Phi) is 6.56.